The Hall–Kier alpha value is -3.15. The highest BCUT2D eigenvalue weighted by Gasteiger charge is 2.09. The van der Waals surface area contributed by atoms with Gasteiger partial charge in [-0.25, -0.2) is 10.4 Å². The third kappa shape index (κ3) is 3.37. The average molecular weight is 308 g/mol. The fourth-order valence-electron chi connectivity index (χ4n) is 2.36. The quantitative estimate of drug-likeness (QED) is 0.573. The van der Waals surface area contributed by atoms with Gasteiger partial charge in [-0.3, -0.25) is 4.79 Å². The van der Waals surface area contributed by atoms with E-state index in [0.29, 0.717) is 5.56 Å². The zero-order chi connectivity index (χ0) is 16.2. The number of aromatic hydroxyl groups is 1. The standard InChI is InChI=1S/C17H16N4O2/c1-12-19-15-7-2-3-8-16(15)21(12)11-17(23)20-18-10-13-5-4-6-14(22)9-13/h2-10,22H,11H2,1H3,(H,20,23). The Morgan fingerprint density at radius 1 is 1.30 bits per heavy atom. The van der Waals surface area contributed by atoms with Gasteiger partial charge in [0.25, 0.3) is 5.91 Å². The highest BCUT2D eigenvalue weighted by molar-refractivity contribution is 5.84. The van der Waals surface area contributed by atoms with Gasteiger partial charge in [-0.15, -0.1) is 0 Å². The van der Waals surface area contributed by atoms with Gasteiger partial charge in [-0.2, -0.15) is 5.10 Å². The van der Waals surface area contributed by atoms with Crippen molar-refractivity contribution in [1.82, 2.24) is 15.0 Å². The van der Waals surface area contributed by atoms with E-state index in [2.05, 4.69) is 15.5 Å². The molecule has 1 aromatic heterocycles. The van der Waals surface area contributed by atoms with E-state index in [-0.39, 0.29) is 18.2 Å². The van der Waals surface area contributed by atoms with Crippen molar-refractivity contribution >= 4 is 23.2 Å². The summed E-state index contributed by atoms with van der Waals surface area (Å²) in [5.41, 5.74) is 4.96. The molecule has 0 saturated heterocycles. The molecule has 1 amide bonds. The lowest BCUT2D eigenvalue weighted by Crippen LogP contribution is -2.23. The summed E-state index contributed by atoms with van der Waals surface area (Å²) in [6.07, 6.45) is 1.48. The summed E-state index contributed by atoms with van der Waals surface area (Å²) in [6, 6.07) is 14.3. The first-order chi connectivity index (χ1) is 11.1. The Kier molecular flexibility index (Phi) is 4.05. The fourth-order valence-corrected chi connectivity index (χ4v) is 2.36. The van der Waals surface area contributed by atoms with Gasteiger partial charge in [0.05, 0.1) is 17.2 Å². The lowest BCUT2D eigenvalue weighted by atomic mass is 10.2. The van der Waals surface area contributed by atoms with Crippen molar-refractivity contribution in [3.8, 4) is 5.75 Å². The van der Waals surface area contributed by atoms with Crippen LogP contribution >= 0.6 is 0 Å². The molecule has 6 nitrogen and oxygen atoms in total. The highest BCUT2D eigenvalue weighted by atomic mass is 16.3. The number of imidazole rings is 1. The lowest BCUT2D eigenvalue weighted by molar-refractivity contribution is -0.121. The number of benzene rings is 2. The number of carbonyl (C=O) groups excluding carboxylic acids is 1. The molecule has 0 bridgehead atoms. The minimum atomic E-state index is -0.243. The third-order valence-electron chi connectivity index (χ3n) is 3.42. The van der Waals surface area contributed by atoms with Crippen LogP contribution in [0.2, 0.25) is 0 Å². The Morgan fingerprint density at radius 2 is 2.13 bits per heavy atom. The molecule has 3 rings (SSSR count). The molecule has 2 aromatic carbocycles. The molecule has 0 spiro atoms. The predicted octanol–water partition coefficient (Wildman–Crippen LogP) is 2.20. The molecule has 6 heteroatoms. The van der Waals surface area contributed by atoms with E-state index in [4.69, 9.17) is 0 Å². The van der Waals surface area contributed by atoms with Crippen molar-refractivity contribution in [2.24, 2.45) is 5.10 Å². The maximum atomic E-state index is 12.0. The van der Waals surface area contributed by atoms with Crippen molar-refractivity contribution in [1.29, 1.82) is 0 Å². The van der Waals surface area contributed by atoms with Gasteiger partial charge in [0.15, 0.2) is 0 Å². The van der Waals surface area contributed by atoms with Crippen LogP contribution in [0.5, 0.6) is 5.75 Å². The highest BCUT2D eigenvalue weighted by Crippen LogP contribution is 2.15. The number of phenolic OH excluding ortho intramolecular Hbond substituents is 1. The summed E-state index contributed by atoms with van der Waals surface area (Å²) in [4.78, 5) is 16.5. The first kappa shape index (κ1) is 14.8. The van der Waals surface area contributed by atoms with Gasteiger partial charge in [0.1, 0.15) is 18.1 Å². The van der Waals surface area contributed by atoms with Gasteiger partial charge in [0, 0.05) is 0 Å². The van der Waals surface area contributed by atoms with Crippen molar-refractivity contribution in [3.05, 3.63) is 59.9 Å². The van der Waals surface area contributed by atoms with Gasteiger partial charge >= 0.3 is 0 Å². The number of rotatable bonds is 4. The molecule has 3 aromatic rings. The number of para-hydroxylation sites is 2. The minimum absolute atomic E-state index is 0.143. The van der Waals surface area contributed by atoms with Gasteiger partial charge < -0.3 is 9.67 Å². The largest absolute Gasteiger partial charge is 0.508 e. The van der Waals surface area contributed by atoms with E-state index in [1.807, 2.05) is 35.8 Å². The van der Waals surface area contributed by atoms with Crippen LogP contribution in [-0.4, -0.2) is 26.8 Å². The molecule has 0 radical (unpaired) electrons. The molecule has 0 saturated carbocycles. The molecule has 0 fully saturated rings. The first-order valence-corrected chi connectivity index (χ1v) is 7.16. The van der Waals surface area contributed by atoms with E-state index in [1.165, 1.54) is 6.21 Å². The SMILES string of the molecule is Cc1nc2ccccc2n1CC(=O)NN=Cc1cccc(O)c1. The number of hydrogen-bond donors (Lipinski definition) is 2. The number of hydrogen-bond acceptors (Lipinski definition) is 4. The molecule has 0 aliphatic carbocycles. The molecule has 116 valence electrons. The molecule has 23 heavy (non-hydrogen) atoms. The van der Waals surface area contributed by atoms with E-state index in [0.717, 1.165) is 16.9 Å². The first-order valence-electron chi connectivity index (χ1n) is 7.16. The lowest BCUT2D eigenvalue weighted by Gasteiger charge is -2.05. The Labute approximate surface area is 133 Å². The number of hydrazone groups is 1. The molecular weight excluding hydrogens is 292 g/mol. The smallest absolute Gasteiger partial charge is 0.260 e. The number of fused-ring (bicyclic) bond motifs is 1. The zero-order valence-corrected chi connectivity index (χ0v) is 12.6. The molecule has 2 N–H and O–H groups in total. The monoisotopic (exact) mass is 308 g/mol. The maximum Gasteiger partial charge on any atom is 0.260 e. The minimum Gasteiger partial charge on any atom is -0.508 e. The summed E-state index contributed by atoms with van der Waals surface area (Å²) in [6.45, 7) is 2.01. The van der Waals surface area contributed by atoms with Crippen LogP contribution in [0.3, 0.4) is 0 Å². The Balaban J connectivity index is 1.68. The van der Waals surface area contributed by atoms with Crippen LogP contribution in [0, 0.1) is 6.92 Å². The normalized spacial score (nSPS) is 11.2. The van der Waals surface area contributed by atoms with E-state index >= 15 is 0 Å². The van der Waals surface area contributed by atoms with E-state index in [9.17, 15) is 9.90 Å². The second-order valence-electron chi connectivity index (χ2n) is 5.12. The fraction of sp³-hybridized carbons (Fsp3) is 0.118. The molecule has 0 unspecified atom stereocenters. The van der Waals surface area contributed by atoms with Gasteiger partial charge in [-0.1, -0.05) is 24.3 Å². The zero-order valence-electron chi connectivity index (χ0n) is 12.6. The van der Waals surface area contributed by atoms with E-state index < -0.39 is 0 Å². The summed E-state index contributed by atoms with van der Waals surface area (Å²) in [5.74, 6) is 0.687. The molecule has 0 aliphatic rings. The van der Waals surface area contributed by atoms with E-state index in [1.54, 1.807) is 24.3 Å². The van der Waals surface area contributed by atoms with Gasteiger partial charge in [0.2, 0.25) is 0 Å². The molecule has 1 heterocycles. The second kappa shape index (κ2) is 6.31. The second-order valence-corrected chi connectivity index (χ2v) is 5.12. The molecular formula is C17H16N4O2. The maximum absolute atomic E-state index is 12.0. The number of nitrogens with one attached hydrogen (secondary N) is 1. The van der Waals surface area contributed by atoms with Crippen molar-refractivity contribution in [3.63, 3.8) is 0 Å². The summed E-state index contributed by atoms with van der Waals surface area (Å²) >= 11 is 0. The van der Waals surface area contributed by atoms with Crippen LogP contribution in [0.25, 0.3) is 11.0 Å². The van der Waals surface area contributed by atoms with Crippen LogP contribution in [-0.2, 0) is 11.3 Å². The Morgan fingerprint density at radius 3 is 2.96 bits per heavy atom. The number of carbonyl (C=O) groups is 1. The van der Waals surface area contributed by atoms with Crippen LogP contribution in [0.15, 0.2) is 53.6 Å². The average Bonchev–Trinajstić information content (AvgIpc) is 2.83. The molecule has 0 aliphatic heterocycles. The topological polar surface area (TPSA) is 79.5 Å². The van der Waals surface area contributed by atoms with Crippen LogP contribution in [0.4, 0.5) is 0 Å². The Bertz CT molecular complexity index is 883. The number of aromatic nitrogens is 2. The number of nitrogens with zero attached hydrogens (tertiary/aromatic N) is 3. The van der Waals surface area contributed by atoms with Gasteiger partial charge in [-0.05, 0) is 36.8 Å². The number of aryl methyl sites for hydroxylation is 1. The summed E-state index contributed by atoms with van der Waals surface area (Å²) in [7, 11) is 0. The molecule has 0 atom stereocenters. The number of amides is 1. The number of phenols is 1. The third-order valence-corrected chi connectivity index (χ3v) is 3.42. The van der Waals surface area contributed by atoms with Crippen molar-refractivity contribution in [2.75, 3.05) is 0 Å². The van der Waals surface area contributed by atoms with Crippen LogP contribution < -0.4 is 5.43 Å². The van der Waals surface area contributed by atoms with Crippen molar-refractivity contribution in [2.45, 2.75) is 13.5 Å². The summed E-state index contributed by atoms with van der Waals surface area (Å²) in [5, 5.41) is 13.3. The summed E-state index contributed by atoms with van der Waals surface area (Å²) < 4.78 is 1.84. The van der Waals surface area contributed by atoms with Crippen LogP contribution in [0.1, 0.15) is 11.4 Å². The van der Waals surface area contributed by atoms with Crippen molar-refractivity contribution < 1.29 is 9.90 Å². The predicted molar refractivity (Wildman–Crippen MR) is 88.3 cm³/mol.